The van der Waals surface area contributed by atoms with E-state index >= 15 is 0 Å². The van der Waals surface area contributed by atoms with Gasteiger partial charge < -0.3 is 10.6 Å². The maximum Gasteiger partial charge on any atom is 0.238 e. The lowest BCUT2D eigenvalue weighted by Crippen LogP contribution is -2.49. The van der Waals surface area contributed by atoms with Crippen LogP contribution in [0.25, 0.3) is 0 Å². The molecule has 2 aliphatic rings. The molecule has 0 radical (unpaired) electrons. The average Bonchev–Trinajstić information content (AvgIpc) is 2.78. The second kappa shape index (κ2) is 3.58. The number of nitriles is 1. The molecule has 1 amide bonds. The lowest BCUT2D eigenvalue weighted by Gasteiger charge is -2.22. The summed E-state index contributed by atoms with van der Waals surface area (Å²) in [5, 5.41) is 14.6. The van der Waals surface area contributed by atoms with Crippen LogP contribution in [0, 0.1) is 17.2 Å². The largest absolute Gasteiger partial charge is 0.339 e. The Bertz CT molecular complexity index is 284. The van der Waals surface area contributed by atoms with E-state index < -0.39 is 0 Å². The molecular formula is C10H15N3O. The normalized spacial score (nSPS) is 36.4. The molecule has 2 bridgehead atoms. The predicted molar refractivity (Wildman–Crippen MR) is 51.3 cm³/mol. The number of carbonyl (C=O) groups is 1. The van der Waals surface area contributed by atoms with Gasteiger partial charge in [-0.1, -0.05) is 0 Å². The zero-order valence-electron chi connectivity index (χ0n) is 8.29. The van der Waals surface area contributed by atoms with Gasteiger partial charge in [-0.15, -0.1) is 0 Å². The molecule has 0 spiro atoms. The lowest BCUT2D eigenvalue weighted by molar-refractivity contribution is -0.124. The molecular weight excluding hydrogens is 178 g/mol. The molecule has 1 aliphatic carbocycles. The number of piperidine rings is 1. The first-order valence-electron chi connectivity index (χ1n) is 5.16. The Morgan fingerprint density at radius 2 is 2.43 bits per heavy atom. The van der Waals surface area contributed by atoms with Crippen molar-refractivity contribution in [2.45, 2.75) is 44.3 Å². The number of nitrogens with zero attached hydrogens (tertiary/aromatic N) is 1. The smallest absolute Gasteiger partial charge is 0.238 e. The molecule has 76 valence electrons. The van der Waals surface area contributed by atoms with E-state index in [0.717, 1.165) is 12.8 Å². The van der Waals surface area contributed by atoms with Crippen molar-refractivity contribution in [3.8, 4) is 6.07 Å². The Balaban J connectivity index is 1.90. The van der Waals surface area contributed by atoms with Gasteiger partial charge in [-0.05, 0) is 32.1 Å². The standard InChI is InChI=1S/C10H15N3O/c1-6(5-11)12-10(14)9-7-2-3-8(4-7)13-9/h6-9,13H,2-4H2,1H3,(H,12,14)/t6-,7-,8+,9-/m0/s1. The molecule has 1 saturated carbocycles. The Kier molecular flexibility index (Phi) is 2.42. The van der Waals surface area contributed by atoms with Gasteiger partial charge in [0.05, 0.1) is 12.1 Å². The topological polar surface area (TPSA) is 64.9 Å². The number of amides is 1. The Labute approximate surface area is 83.7 Å². The molecule has 0 aromatic carbocycles. The van der Waals surface area contributed by atoms with Crippen LogP contribution in [0.15, 0.2) is 0 Å². The van der Waals surface area contributed by atoms with E-state index in [1.54, 1.807) is 6.92 Å². The average molecular weight is 193 g/mol. The summed E-state index contributed by atoms with van der Waals surface area (Å²) in [7, 11) is 0. The highest BCUT2D eigenvalue weighted by Crippen LogP contribution is 2.35. The third-order valence-corrected chi connectivity index (χ3v) is 3.19. The van der Waals surface area contributed by atoms with Crippen molar-refractivity contribution in [2.24, 2.45) is 5.92 Å². The van der Waals surface area contributed by atoms with E-state index in [0.29, 0.717) is 12.0 Å². The molecule has 0 aromatic heterocycles. The van der Waals surface area contributed by atoms with E-state index in [1.165, 1.54) is 6.42 Å². The molecule has 14 heavy (non-hydrogen) atoms. The summed E-state index contributed by atoms with van der Waals surface area (Å²) in [5.74, 6) is 0.483. The summed E-state index contributed by atoms with van der Waals surface area (Å²) in [5.41, 5.74) is 0. The molecule has 4 heteroatoms. The van der Waals surface area contributed by atoms with Gasteiger partial charge in [0.1, 0.15) is 6.04 Å². The first-order chi connectivity index (χ1) is 6.70. The SMILES string of the molecule is C[C@@H](C#N)NC(=O)[C@H]1N[C@@H]2CC[C@H]1C2. The number of fused-ring (bicyclic) bond motifs is 2. The van der Waals surface area contributed by atoms with Crippen LogP contribution in [0.5, 0.6) is 0 Å². The number of rotatable bonds is 2. The fourth-order valence-electron chi connectivity index (χ4n) is 2.49. The third-order valence-electron chi connectivity index (χ3n) is 3.19. The Hall–Kier alpha value is -1.08. The van der Waals surface area contributed by atoms with E-state index in [9.17, 15) is 4.79 Å². The summed E-state index contributed by atoms with van der Waals surface area (Å²) in [6, 6.07) is 2.10. The minimum atomic E-state index is -0.386. The van der Waals surface area contributed by atoms with Crippen LogP contribution in [0.1, 0.15) is 26.2 Å². The van der Waals surface area contributed by atoms with E-state index in [1.807, 2.05) is 6.07 Å². The second-order valence-electron chi connectivity index (χ2n) is 4.27. The number of carbonyl (C=O) groups excluding carboxylic acids is 1. The van der Waals surface area contributed by atoms with Crippen molar-refractivity contribution in [3.05, 3.63) is 0 Å². The van der Waals surface area contributed by atoms with Crippen LogP contribution in [0.4, 0.5) is 0 Å². The molecule has 4 nitrogen and oxygen atoms in total. The fourth-order valence-corrected chi connectivity index (χ4v) is 2.49. The highest BCUT2D eigenvalue weighted by atomic mass is 16.2. The molecule has 4 atom stereocenters. The van der Waals surface area contributed by atoms with Gasteiger partial charge in [0.25, 0.3) is 0 Å². The first kappa shape index (κ1) is 9.47. The summed E-state index contributed by atoms with van der Waals surface area (Å²) in [6.07, 6.45) is 3.47. The number of hydrogen-bond donors (Lipinski definition) is 2. The minimum absolute atomic E-state index is 0.00810. The van der Waals surface area contributed by atoms with Crippen LogP contribution in [-0.4, -0.2) is 24.0 Å². The van der Waals surface area contributed by atoms with Gasteiger partial charge in [0, 0.05) is 6.04 Å². The van der Waals surface area contributed by atoms with Crippen LogP contribution in [0.2, 0.25) is 0 Å². The van der Waals surface area contributed by atoms with Crippen molar-refractivity contribution >= 4 is 5.91 Å². The minimum Gasteiger partial charge on any atom is -0.339 e. The van der Waals surface area contributed by atoms with E-state index in [4.69, 9.17) is 5.26 Å². The van der Waals surface area contributed by atoms with Gasteiger partial charge in [-0.25, -0.2) is 0 Å². The van der Waals surface area contributed by atoms with Crippen molar-refractivity contribution < 1.29 is 4.79 Å². The summed E-state index contributed by atoms with van der Waals surface area (Å²) >= 11 is 0. The first-order valence-corrected chi connectivity index (χ1v) is 5.16. The van der Waals surface area contributed by atoms with Crippen LogP contribution in [0.3, 0.4) is 0 Å². The summed E-state index contributed by atoms with van der Waals surface area (Å²) in [4.78, 5) is 11.7. The Morgan fingerprint density at radius 1 is 1.64 bits per heavy atom. The van der Waals surface area contributed by atoms with E-state index in [2.05, 4.69) is 10.6 Å². The van der Waals surface area contributed by atoms with Crippen LogP contribution >= 0.6 is 0 Å². The second-order valence-corrected chi connectivity index (χ2v) is 4.27. The molecule has 1 aliphatic heterocycles. The number of hydrogen-bond acceptors (Lipinski definition) is 3. The van der Waals surface area contributed by atoms with Crippen molar-refractivity contribution in [1.82, 2.24) is 10.6 Å². The monoisotopic (exact) mass is 193 g/mol. The van der Waals surface area contributed by atoms with Gasteiger partial charge in [0.15, 0.2) is 0 Å². The van der Waals surface area contributed by atoms with Crippen LogP contribution < -0.4 is 10.6 Å². The molecule has 2 fully saturated rings. The van der Waals surface area contributed by atoms with Crippen LogP contribution in [-0.2, 0) is 4.79 Å². The molecule has 2 N–H and O–H groups in total. The van der Waals surface area contributed by atoms with Gasteiger partial charge in [0.2, 0.25) is 5.91 Å². The van der Waals surface area contributed by atoms with Crippen molar-refractivity contribution in [3.63, 3.8) is 0 Å². The third kappa shape index (κ3) is 1.60. The van der Waals surface area contributed by atoms with Crippen molar-refractivity contribution in [1.29, 1.82) is 5.26 Å². The Morgan fingerprint density at radius 3 is 2.93 bits per heavy atom. The fraction of sp³-hybridized carbons (Fsp3) is 0.800. The number of nitrogens with one attached hydrogen (secondary N) is 2. The van der Waals surface area contributed by atoms with Crippen molar-refractivity contribution in [2.75, 3.05) is 0 Å². The molecule has 2 rings (SSSR count). The molecule has 1 saturated heterocycles. The maximum atomic E-state index is 11.7. The molecule has 1 heterocycles. The van der Waals surface area contributed by atoms with E-state index in [-0.39, 0.29) is 18.0 Å². The van der Waals surface area contributed by atoms with Gasteiger partial charge >= 0.3 is 0 Å². The van der Waals surface area contributed by atoms with Gasteiger partial charge in [-0.3, -0.25) is 4.79 Å². The highest BCUT2D eigenvalue weighted by Gasteiger charge is 2.42. The summed E-state index contributed by atoms with van der Waals surface area (Å²) < 4.78 is 0. The quantitative estimate of drug-likeness (QED) is 0.656. The highest BCUT2D eigenvalue weighted by molar-refractivity contribution is 5.83. The zero-order chi connectivity index (χ0) is 10.1. The predicted octanol–water partition coefficient (Wildman–Crippen LogP) is 0.155. The maximum absolute atomic E-state index is 11.7. The lowest BCUT2D eigenvalue weighted by atomic mass is 9.99. The zero-order valence-corrected chi connectivity index (χ0v) is 8.29. The van der Waals surface area contributed by atoms with Gasteiger partial charge in [-0.2, -0.15) is 5.26 Å². The molecule has 0 unspecified atom stereocenters. The summed E-state index contributed by atoms with van der Waals surface area (Å²) in [6.45, 7) is 1.70. The molecule has 0 aromatic rings.